The predicted molar refractivity (Wildman–Crippen MR) is 56.2 cm³/mol. The number of rotatable bonds is 2. The van der Waals surface area contributed by atoms with Crippen LogP contribution < -0.4 is 0 Å². The van der Waals surface area contributed by atoms with E-state index >= 15 is 0 Å². The fourth-order valence-electron chi connectivity index (χ4n) is 1.15. The molecule has 0 bridgehead atoms. The minimum atomic E-state index is 0.847. The van der Waals surface area contributed by atoms with Gasteiger partial charge in [0, 0.05) is 17.1 Å². The van der Waals surface area contributed by atoms with Crippen molar-refractivity contribution in [3.63, 3.8) is 0 Å². The molecule has 0 spiro atoms. The van der Waals surface area contributed by atoms with Crippen LogP contribution in [0.1, 0.15) is 5.56 Å². The second kappa shape index (κ2) is 3.75. The molecule has 0 saturated heterocycles. The number of nitrogens with zero attached hydrogens (tertiary/aromatic N) is 2. The Balaban J connectivity index is 2.36. The fraction of sp³-hybridized carbons (Fsp3) is 0.100. The van der Waals surface area contributed by atoms with Crippen molar-refractivity contribution in [3.8, 4) is 5.69 Å². The van der Waals surface area contributed by atoms with Crippen LogP contribution in [-0.4, -0.2) is 9.78 Å². The highest BCUT2D eigenvalue weighted by Crippen LogP contribution is 2.09. The summed E-state index contributed by atoms with van der Waals surface area (Å²) < 4.78 is 1.87. The van der Waals surface area contributed by atoms with Gasteiger partial charge in [0.2, 0.25) is 0 Å². The molecule has 1 aromatic carbocycles. The molecule has 2 nitrogen and oxygen atoms in total. The summed E-state index contributed by atoms with van der Waals surface area (Å²) in [6.07, 6.45) is 3.88. The van der Waals surface area contributed by atoms with E-state index in [0.717, 1.165) is 11.0 Å². The van der Waals surface area contributed by atoms with E-state index in [4.69, 9.17) is 0 Å². The van der Waals surface area contributed by atoms with Gasteiger partial charge in [-0.05, 0) is 12.1 Å². The average molecular weight is 237 g/mol. The zero-order chi connectivity index (χ0) is 9.10. The van der Waals surface area contributed by atoms with Gasteiger partial charge in [0.25, 0.3) is 0 Å². The fourth-order valence-corrected chi connectivity index (χ4v) is 1.44. The van der Waals surface area contributed by atoms with E-state index in [1.54, 1.807) is 0 Å². The Morgan fingerprint density at radius 2 is 2.00 bits per heavy atom. The molecular weight excluding hydrogens is 228 g/mol. The zero-order valence-electron chi connectivity index (χ0n) is 7.02. The van der Waals surface area contributed by atoms with Gasteiger partial charge in [-0.1, -0.05) is 34.1 Å². The lowest BCUT2D eigenvalue weighted by molar-refractivity contribution is 0.880. The molecule has 0 aliphatic heterocycles. The summed E-state index contributed by atoms with van der Waals surface area (Å²) in [5.41, 5.74) is 2.28. The van der Waals surface area contributed by atoms with Crippen LogP contribution in [0.3, 0.4) is 0 Å². The second-order valence-electron chi connectivity index (χ2n) is 2.76. The van der Waals surface area contributed by atoms with E-state index in [-0.39, 0.29) is 0 Å². The molecule has 13 heavy (non-hydrogen) atoms. The maximum absolute atomic E-state index is 4.24. The lowest BCUT2D eigenvalue weighted by Gasteiger charge is -1.98. The number of benzene rings is 1. The molecule has 0 fully saturated rings. The Hall–Kier alpha value is -1.09. The number of para-hydroxylation sites is 1. The first-order valence-electron chi connectivity index (χ1n) is 4.05. The minimum absolute atomic E-state index is 0.847. The number of aromatic nitrogens is 2. The van der Waals surface area contributed by atoms with Crippen molar-refractivity contribution in [3.05, 3.63) is 48.3 Å². The molecule has 0 N–H and O–H groups in total. The van der Waals surface area contributed by atoms with Gasteiger partial charge in [-0.2, -0.15) is 5.10 Å². The van der Waals surface area contributed by atoms with Gasteiger partial charge in [-0.15, -0.1) is 0 Å². The molecule has 1 heterocycles. The third kappa shape index (κ3) is 1.80. The Bertz CT molecular complexity index is 381. The van der Waals surface area contributed by atoms with E-state index in [1.807, 2.05) is 47.4 Å². The SMILES string of the molecule is BrCc1cnn(-c2ccccc2)c1. The maximum atomic E-state index is 4.24. The van der Waals surface area contributed by atoms with Crippen LogP contribution in [0.25, 0.3) is 5.69 Å². The second-order valence-corrected chi connectivity index (χ2v) is 3.32. The van der Waals surface area contributed by atoms with Gasteiger partial charge in [0.1, 0.15) is 0 Å². The highest BCUT2D eigenvalue weighted by atomic mass is 79.9. The first-order valence-corrected chi connectivity index (χ1v) is 5.17. The summed E-state index contributed by atoms with van der Waals surface area (Å²) in [5, 5.41) is 5.09. The number of hydrogen-bond donors (Lipinski definition) is 0. The molecule has 0 amide bonds. The summed E-state index contributed by atoms with van der Waals surface area (Å²) in [4.78, 5) is 0. The van der Waals surface area contributed by atoms with E-state index in [9.17, 15) is 0 Å². The Morgan fingerprint density at radius 3 is 2.62 bits per heavy atom. The summed E-state index contributed by atoms with van der Waals surface area (Å²) in [6, 6.07) is 10.1. The summed E-state index contributed by atoms with van der Waals surface area (Å²) >= 11 is 3.39. The largest absolute Gasteiger partial charge is 0.241 e. The van der Waals surface area contributed by atoms with Crippen molar-refractivity contribution in [1.29, 1.82) is 0 Å². The van der Waals surface area contributed by atoms with Crippen LogP contribution in [0.2, 0.25) is 0 Å². The van der Waals surface area contributed by atoms with Gasteiger partial charge >= 0.3 is 0 Å². The minimum Gasteiger partial charge on any atom is -0.241 e. The van der Waals surface area contributed by atoms with Crippen molar-refractivity contribution in [2.75, 3.05) is 0 Å². The van der Waals surface area contributed by atoms with Crippen molar-refractivity contribution in [1.82, 2.24) is 9.78 Å². The molecule has 0 saturated carbocycles. The first-order chi connectivity index (χ1) is 6.40. The van der Waals surface area contributed by atoms with Crippen molar-refractivity contribution >= 4 is 15.9 Å². The molecule has 3 heteroatoms. The van der Waals surface area contributed by atoms with E-state index < -0.39 is 0 Å². The normalized spacial score (nSPS) is 10.2. The predicted octanol–water partition coefficient (Wildman–Crippen LogP) is 2.77. The van der Waals surface area contributed by atoms with Crippen LogP contribution in [0.4, 0.5) is 0 Å². The Kier molecular flexibility index (Phi) is 2.45. The number of alkyl halides is 1. The van der Waals surface area contributed by atoms with Crippen molar-refractivity contribution < 1.29 is 0 Å². The van der Waals surface area contributed by atoms with Crippen molar-refractivity contribution in [2.45, 2.75) is 5.33 Å². The zero-order valence-corrected chi connectivity index (χ0v) is 8.61. The quantitative estimate of drug-likeness (QED) is 0.734. The molecule has 0 radical (unpaired) electrons. The van der Waals surface area contributed by atoms with E-state index in [0.29, 0.717) is 0 Å². The van der Waals surface area contributed by atoms with Gasteiger partial charge in [-0.25, -0.2) is 4.68 Å². The molecule has 0 aliphatic carbocycles. The molecule has 2 aromatic rings. The molecule has 1 aromatic heterocycles. The highest BCUT2D eigenvalue weighted by Gasteiger charge is 1.97. The molecule has 0 unspecified atom stereocenters. The first kappa shape index (κ1) is 8.51. The molecule has 2 rings (SSSR count). The lowest BCUT2D eigenvalue weighted by Crippen LogP contribution is -1.92. The van der Waals surface area contributed by atoms with Gasteiger partial charge in [-0.3, -0.25) is 0 Å². The summed E-state index contributed by atoms with van der Waals surface area (Å²) in [7, 11) is 0. The Morgan fingerprint density at radius 1 is 1.23 bits per heavy atom. The third-order valence-corrected chi connectivity index (χ3v) is 2.46. The average Bonchev–Trinajstić information content (AvgIpc) is 2.67. The molecule has 0 atom stereocenters. The van der Waals surface area contributed by atoms with E-state index in [1.165, 1.54) is 5.56 Å². The smallest absolute Gasteiger partial charge is 0.0645 e. The van der Waals surface area contributed by atoms with Gasteiger partial charge in [0.05, 0.1) is 11.9 Å². The lowest BCUT2D eigenvalue weighted by atomic mass is 10.3. The standard InChI is InChI=1S/C10H9BrN2/c11-6-9-7-12-13(8-9)10-4-2-1-3-5-10/h1-5,7-8H,6H2. The Labute approximate surface area is 85.3 Å². The topological polar surface area (TPSA) is 17.8 Å². The summed E-state index contributed by atoms with van der Waals surface area (Å²) in [5.74, 6) is 0. The van der Waals surface area contributed by atoms with Crippen LogP contribution in [0.5, 0.6) is 0 Å². The van der Waals surface area contributed by atoms with Crippen LogP contribution in [-0.2, 0) is 5.33 Å². The highest BCUT2D eigenvalue weighted by molar-refractivity contribution is 9.08. The molecular formula is C10H9BrN2. The van der Waals surface area contributed by atoms with Crippen LogP contribution >= 0.6 is 15.9 Å². The van der Waals surface area contributed by atoms with Crippen molar-refractivity contribution in [2.24, 2.45) is 0 Å². The van der Waals surface area contributed by atoms with Gasteiger partial charge in [0.15, 0.2) is 0 Å². The summed E-state index contributed by atoms with van der Waals surface area (Å²) in [6.45, 7) is 0. The van der Waals surface area contributed by atoms with Crippen LogP contribution in [0, 0.1) is 0 Å². The maximum Gasteiger partial charge on any atom is 0.0645 e. The van der Waals surface area contributed by atoms with Crippen LogP contribution in [0.15, 0.2) is 42.7 Å². The molecule has 0 aliphatic rings. The van der Waals surface area contributed by atoms with Gasteiger partial charge < -0.3 is 0 Å². The number of hydrogen-bond acceptors (Lipinski definition) is 1. The van der Waals surface area contributed by atoms with E-state index in [2.05, 4.69) is 21.0 Å². The number of halogens is 1. The monoisotopic (exact) mass is 236 g/mol. The third-order valence-electron chi connectivity index (χ3n) is 1.81. The molecule has 66 valence electrons.